The minimum Gasteiger partial charge on any atom is -0.399 e. The molecule has 1 fully saturated rings. The van der Waals surface area contributed by atoms with E-state index in [-0.39, 0.29) is 12.5 Å². The highest BCUT2D eigenvalue weighted by molar-refractivity contribution is 5.96. The van der Waals surface area contributed by atoms with E-state index in [1.54, 1.807) is 12.1 Å². The van der Waals surface area contributed by atoms with Crippen LogP contribution in [0.2, 0.25) is 0 Å². The number of amides is 1. The molecule has 0 spiro atoms. The summed E-state index contributed by atoms with van der Waals surface area (Å²) in [6.45, 7) is 2.77. The Labute approximate surface area is 120 Å². The van der Waals surface area contributed by atoms with Gasteiger partial charge in [-0.15, -0.1) is 0 Å². The molecule has 0 radical (unpaired) electrons. The van der Waals surface area contributed by atoms with Crippen molar-refractivity contribution in [2.45, 2.75) is 32.6 Å². The van der Waals surface area contributed by atoms with Crippen LogP contribution in [0.4, 0.5) is 5.69 Å². The van der Waals surface area contributed by atoms with Crippen molar-refractivity contribution < 1.29 is 9.90 Å². The van der Waals surface area contributed by atoms with Crippen LogP contribution in [0.3, 0.4) is 0 Å². The summed E-state index contributed by atoms with van der Waals surface area (Å²) in [7, 11) is 0. The summed E-state index contributed by atoms with van der Waals surface area (Å²) in [5.41, 5.74) is 7.91. The van der Waals surface area contributed by atoms with Crippen molar-refractivity contribution in [3.05, 3.63) is 29.3 Å². The fraction of sp³-hybridized carbons (Fsp3) is 0.562. The minimum absolute atomic E-state index is 0.0722. The largest absolute Gasteiger partial charge is 0.399 e. The Kier molecular flexibility index (Phi) is 5.01. The Hall–Kier alpha value is -1.55. The summed E-state index contributed by atoms with van der Waals surface area (Å²) in [6, 6.07) is 5.38. The molecule has 4 heteroatoms. The first kappa shape index (κ1) is 14.9. The second kappa shape index (κ2) is 6.75. The molecule has 2 rings (SSSR count). The van der Waals surface area contributed by atoms with Crippen LogP contribution in [0, 0.1) is 18.8 Å². The average molecular weight is 276 g/mol. The predicted molar refractivity (Wildman–Crippen MR) is 80.5 cm³/mol. The Morgan fingerprint density at radius 2 is 2.05 bits per heavy atom. The second-order valence-corrected chi connectivity index (χ2v) is 5.77. The summed E-state index contributed by atoms with van der Waals surface area (Å²) in [6.07, 6.45) is 4.52. The molecule has 1 amide bonds. The van der Waals surface area contributed by atoms with Gasteiger partial charge >= 0.3 is 0 Å². The van der Waals surface area contributed by atoms with Gasteiger partial charge in [0.15, 0.2) is 0 Å². The van der Waals surface area contributed by atoms with Crippen LogP contribution in [-0.4, -0.2) is 24.2 Å². The Morgan fingerprint density at radius 3 is 2.75 bits per heavy atom. The smallest absolute Gasteiger partial charge is 0.251 e. The molecule has 4 N–H and O–H groups in total. The number of anilines is 1. The number of rotatable bonds is 4. The van der Waals surface area contributed by atoms with Crippen LogP contribution in [-0.2, 0) is 0 Å². The van der Waals surface area contributed by atoms with Crippen molar-refractivity contribution in [2.24, 2.45) is 11.8 Å². The van der Waals surface area contributed by atoms with Gasteiger partial charge in [0.1, 0.15) is 0 Å². The van der Waals surface area contributed by atoms with E-state index in [4.69, 9.17) is 5.73 Å². The molecule has 1 saturated carbocycles. The van der Waals surface area contributed by atoms with Crippen molar-refractivity contribution in [1.29, 1.82) is 0 Å². The number of aliphatic hydroxyl groups is 1. The number of hydrogen-bond acceptors (Lipinski definition) is 3. The maximum Gasteiger partial charge on any atom is 0.251 e. The summed E-state index contributed by atoms with van der Waals surface area (Å²) >= 11 is 0. The second-order valence-electron chi connectivity index (χ2n) is 5.77. The van der Waals surface area contributed by atoms with E-state index in [1.165, 1.54) is 12.8 Å². The quantitative estimate of drug-likeness (QED) is 0.737. The van der Waals surface area contributed by atoms with Crippen molar-refractivity contribution in [2.75, 3.05) is 18.9 Å². The number of aliphatic hydroxyl groups excluding tert-OH is 1. The van der Waals surface area contributed by atoms with E-state index in [0.717, 1.165) is 18.4 Å². The van der Waals surface area contributed by atoms with E-state index in [1.807, 2.05) is 13.0 Å². The van der Waals surface area contributed by atoms with Gasteiger partial charge in [0.05, 0.1) is 0 Å². The highest BCUT2D eigenvalue weighted by Crippen LogP contribution is 2.29. The van der Waals surface area contributed by atoms with Crippen molar-refractivity contribution >= 4 is 11.6 Å². The molecule has 0 bridgehead atoms. The molecule has 0 heterocycles. The highest BCUT2D eigenvalue weighted by atomic mass is 16.3. The molecule has 1 aliphatic rings. The number of aryl methyl sites for hydroxylation is 1. The van der Waals surface area contributed by atoms with Gasteiger partial charge in [-0.1, -0.05) is 18.9 Å². The first-order valence-electron chi connectivity index (χ1n) is 7.37. The fourth-order valence-corrected chi connectivity index (χ4v) is 3.00. The standard InChI is InChI=1S/C16H24N2O2/c1-11-6-7-14(17)8-15(11)16(20)18-9-12-4-2-3-5-13(12)10-19/h6-8,12-13,19H,2-5,9-10,17H2,1H3,(H,18,20). The van der Waals surface area contributed by atoms with E-state index in [0.29, 0.717) is 29.6 Å². The van der Waals surface area contributed by atoms with Crippen LogP contribution in [0.5, 0.6) is 0 Å². The lowest BCUT2D eigenvalue weighted by Crippen LogP contribution is -2.35. The van der Waals surface area contributed by atoms with E-state index < -0.39 is 0 Å². The van der Waals surface area contributed by atoms with E-state index >= 15 is 0 Å². The Morgan fingerprint density at radius 1 is 1.35 bits per heavy atom. The Bertz CT molecular complexity index is 474. The van der Waals surface area contributed by atoms with Crippen LogP contribution >= 0.6 is 0 Å². The van der Waals surface area contributed by atoms with Crippen LogP contribution < -0.4 is 11.1 Å². The third-order valence-corrected chi connectivity index (χ3v) is 4.33. The Balaban J connectivity index is 1.96. The average Bonchev–Trinajstić information content (AvgIpc) is 2.47. The molecule has 4 nitrogen and oxygen atoms in total. The summed E-state index contributed by atoms with van der Waals surface area (Å²) in [5.74, 6) is 0.641. The molecule has 2 atom stereocenters. The molecule has 2 unspecified atom stereocenters. The summed E-state index contributed by atoms with van der Waals surface area (Å²) < 4.78 is 0. The summed E-state index contributed by atoms with van der Waals surface area (Å²) in [4.78, 5) is 12.2. The molecule has 20 heavy (non-hydrogen) atoms. The van der Waals surface area contributed by atoms with Gasteiger partial charge in [-0.25, -0.2) is 0 Å². The number of nitrogens with one attached hydrogen (secondary N) is 1. The number of hydrogen-bond donors (Lipinski definition) is 3. The molecule has 1 aliphatic carbocycles. The monoisotopic (exact) mass is 276 g/mol. The minimum atomic E-state index is -0.0722. The first-order valence-corrected chi connectivity index (χ1v) is 7.37. The maximum atomic E-state index is 12.2. The van der Waals surface area contributed by atoms with Gasteiger partial charge in [0.25, 0.3) is 5.91 Å². The topological polar surface area (TPSA) is 75.4 Å². The molecule has 1 aromatic carbocycles. The molecule has 0 saturated heterocycles. The molecule has 1 aromatic rings. The van der Waals surface area contributed by atoms with Crippen molar-refractivity contribution in [3.8, 4) is 0 Å². The summed E-state index contributed by atoms with van der Waals surface area (Å²) in [5, 5.41) is 12.4. The zero-order chi connectivity index (χ0) is 14.5. The number of benzene rings is 1. The van der Waals surface area contributed by atoms with Gasteiger partial charge in [-0.2, -0.15) is 0 Å². The highest BCUT2D eigenvalue weighted by Gasteiger charge is 2.25. The van der Waals surface area contributed by atoms with Crippen molar-refractivity contribution in [1.82, 2.24) is 5.32 Å². The SMILES string of the molecule is Cc1ccc(N)cc1C(=O)NCC1CCCCC1CO. The number of nitrogens with two attached hydrogens (primary N) is 1. The lowest BCUT2D eigenvalue weighted by atomic mass is 9.79. The number of carbonyl (C=O) groups excluding carboxylic acids is 1. The van der Waals surface area contributed by atoms with Crippen LogP contribution in [0.1, 0.15) is 41.6 Å². The molecular weight excluding hydrogens is 252 g/mol. The van der Waals surface area contributed by atoms with Crippen LogP contribution in [0.15, 0.2) is 18.2 Å². The third kappa shape index (κ3) is 3.51. The predicted octanol–water partition coefficient (Wildman–Crippen LogP) is 2.11. The van der Waals surface area contributed by atoms with Gasteiger partial charge in [-0.3, -0.25) is 4.79 Å². The van der Waals surface area contributed by atoms with Crippen LogP contribution in [0.25, 0.3) is 0 Å². The number of carbonyl (C=O) groups is 1. The third-order valence-electron chi connectivity index (χ3n) is 4.33. The van der Waals surface area contributed by atoms with Gasteiger partial charge in [0, 0.05) is 24.4 Å². The van der Waals surface area contributed by atoms with Gasteiger partial charge in [-0.05, 0) is 49.3 Å². The van der Waals surface area contributed by atoms with Gasteiger partial charge in [0.2, 0.25) is 0 Å². The molecule has 0 aromatic heterocycles. The zero-order valence-corrected chi connectivity index (χ0v) is 12.1. The molecular formula is C16H24N2O2. The molecule has 110 valence electrons. The fourth-order valence-electron chi connectivity index (χ4n) is 3.00. The van der Waals surface area contributed by atoms with Gasteiger partial charge < -0.3 is 16.2 Å². The van der Waals surface area contributed by atoms with E-state index in [9.17, 15) is 9.90 Å². The first-order chi connectivity index (χ1) is 9.61. The van der Waals surface area contributed by atoms with E-state index in [2.05, 4.69) is 5.32 Å². The maximum absolute atomic E-state index is 12.2. The lowest BCUT2D eigenvalue weighted by Gasteiger charge is -2.30. The van der Waals surface area contributed by atoms with Crippen molar-refractivity contribution in [3.63, 3.8) is 0 Å². The lowest BCUT2D eigenvalue weighted by molar-refractivity contribution is 0.0909. The zero-order valence-electron chi connectivity index (χ0n) is 12.1. The number of nitrogen functional groups attached to an aromatic ring is 1. The normalized spacial score (nSPS) is 22.5. The molecule has 0 aliphatic heterocycles.